The number of furan rings is 2. The van der Waals surface area contributed by atoms with Crippen LogP contribution in [0.2, 0.25) is 0 Å². The van der Waals surface area contributed by atoms with Gasteiger partial charge in [0.15, 0.2) is 23.6 Å². The van der Waals surface area contributed by atoms with E-state index in [0.717, 1.165) is 9.75 Å². The summed E-state index contributed by atoms with van der Waals surface area (Å²) in [7, 11) is 0. The molecule has 0 aliphatic rings. The quantitative estimate of drug-likeness (QED) is 0.739. The zero-order valence-electron chi connectivity index (χ0n) is 9.83. The first-order valence-electron chi connectivity index (χ1n) is 5.65. The van der Waals surface area contributed by atoms with Crippen molar-refractivity contribution in [1.29, 1.82) is 0 Å². The van der Waals surface area contributed by atoms with Gasteiger partial charge in [0.2, 0.25) is 0 Å². The first kappa shape index (κ1) is 12.0. The van der Waals surface area contributed by atoms with Gasteiger partial charge in [-0.1, -0.05) is 0 Å². The maximum atomic E-state index is 10.6. The molecule has 0 atom stereocenters. The molecule has 0 bridgehead atoms. The summed E-state index contributed by atoms with van der Waals surface area (Å²) >= 11 is 1.47. The zero-order valence-corrected chi connectivity index (χ0v) is 10.6. The van der Waals surface area contributed by atoms with E-state index in [1.54, 1.807) is 18.2 Å². The van der Waals surface area contributed by atoms with Crippen molar-refractivity contribution < 1.29 is 18.7 Å². The van der Waals surface area contributed by atoms with Crippen molar-refractivity contribution in [2.45, 2.75) is 6.61 Å². The summed E-state index contributed by atoms with van der Waals surface area (Å²) in [5.74, 6) is 2.07. The predicted octanol–water partition coefficient (Wildman–Crippen LogP) is 3.57. The van der Waals surface area contributed by atoms with Crippen molar-refractivity contribution >= 4 is 17.6 Å². The molecule has 4 nitrogen and oxygen atoms in total. The largest absolute Gasteiger partial charge is 0.452 e. The van der Waals surface area contributed by atoms with Crippen molar-refractivity contribution in [3.63, 3.8) is 0 Å². The normalized spacial score (nSPS) is 10.8. The second kappa shape index (κ2) is 4.87. The van der Waals surface area contributed by atoms with Crippen molar-refractivity contribution in [2.75, 3.05) is 0 Å². The lowest BCUT2D eigenvalue weighted by Gasteiger charge is -1.92. The van der Waals surface area contributed by atoms with Gasteiger partial charge in [-0.3, -0.25) is 4.79 Å². The molecule has 3 aromatic rings. The van der Waals surface area contributed by atoms with E-state index >= 15 is 0 Å². The number of carbonyl (C=O) groups is 1. The molecular formula is C14H10O4S. The van der Waals surface area contributed by atoms with Gasteiger partial charge in [-0.25, -0.2) is 0 Å². The van der Waals surface area contributed by atoms with Crippen LogP contribution in [-0.2, 0) is 6.61 Å². The monoisotopic (exact) mass is 274 g/mol. The summed E-state index contributed by atoms with van der Waals surface area (Å²) in [6, 6.07) is 10.7. The Balaban J connectivity index is 1.92. The third-order valence-corrected chi connectivity index (χ3v) is 3.74. The molecular weight excluding hydrogens is 264 g/mol. The number of thiophene rings is 1. The third kappa shape index (κ3) is 2.25. The number of hydrogen-bond donors (Lipinski definition) is 1. The summed E-state index contributed by atoms with van der Waals surface area (Å²) in [6.45, 7) is 0.0269. The maximum Gasteiger partial charge on any atom is 0.185 e. The molecule has 0 spiro atoms. The highest BCUT2D eigenvalue weighted by molar-refractivity contribution is 7.15. The van der Waals surface area contributed by atoms with Gasteiger partial charge in [-0.2, -0.15) is 0 Å². The lowest BCUT2D eigenvalue weighted by atomic mass is 10.3. The molecule has 0 amide bonds. The highest BCUT2D eigenvalue weighted by Crippen LogP contribution is 2.33. The van der Waals surface area contributed by atoms with E-state index in [0.29, 0.717) is 23.6 Å². The standard InChI is InChI=1S/C14H10O4S/c15-7-9-1-3-11(17-9)12-4-5-13(18-12)14-6-2-10(8-16)19-14/h1-7,16H,8H2. The Labute approximate surface area is 112 Å². The maximum absolute atomic E-state index is 10.6. The van der Waals surface area contributed by atoms with Crippen LogP contribution in [0.3, 0.4) is 0 Å². The van der Waals surface area contributed by atoms with Crippen LogP contribution in [0.4, 0.5) is 0 Å². The smallest absolute Gasteiger partial charge is 0.185 e. The Morgan fingerprint density at radius 2 is 1.74 bits per heavy atom. The van der Waals surface area contributed by atoms with Crippen molar-refractivity contribution in [1.82, 2.24) is 0 Å². The molecule has 0 aromatic carbocycles. The average Bonchev–Trinajstić information content (AvgIpc) is 3.16. The second-order valence-corrected chi connectivity index (χ2v) is 5.08. The number of carbonyl (C=O) groups excluding carboxylic acids is 1. The summed E-state index contributed by atoms with van der Waals surface area (Å²) in [6.07, 6.45) is 0.653. The molecule has 0 radical (unpaired) electrons. The van der Waals surface area contributed by atoms with E-state index < -0.39 is 0 Å². The average molecular weight is 274 g/mol. The first-order valence-corrected chi connectivity index (χ1v) is 6.47. The van der Waals surface area contributed by atoms with Crippen LogP contribution in [0.15, 0.2) is 45.2 Å². The van der Waals surface area contributed by atoms with E-state index in [2.05, 4.69) is 0 Å². The first-order chi connectivity index (χ1) is 9.30. The van der Waals surface area contributed by atoms with E-state index in [1.807, 2.05) is 18.2 Å². The molecule has 3 aromatic heterocycles. The van der Waals surface area contributed by atoms with Gasteiger partial charge < -0.3 is 13.9 Å². The molecule has 0 saturated carbocycles. The van der Waals surface area contributed by atoms with Gasteiger partial charge in [0.1, 0.15) is 5.76 Å². The Kier molecular flexibility index (Phi) is 3.06. The van der Waals surface area contributed by atoms with Crippen LogP contribution in [0.5, 0.6) is 0 Å². The van der Waals surface area contributed by atoms with Crippen LogP contribution in [0, 0.1) is 0 Å². The van der Waals surface area contributed by atoms with E-state index in [9.17, 15) is 4.79 Å². The number of aldehydes is 1. The van der Waals surface area contributed by atoms with Gasteiger partial charge in [0.25, 0.3) is 0 Å². The molecule has 19 heavy (non-hydrogen) atoms. The SMILES string of the molecule is O=Cc1ccc(-c2ccc(-c3ccc(CO)s3)o2)o1. The molecule has 3 rings (SSSR count). The van der Waals surface area contributed by atoms with Crippen molar-refractivity contribution in [3.8, 4) is 22.2 Å². The Morgan fingerprint density at radius 3 is 2.42 bits per heavy atom. The van der Waals surface area contributed by atoms with Crippen LogP contribution in [0.1, 0.15) is 15.4 Å². The minimum absolute atomic E-state index is 0.0269. The van der Waals surface area contributed by atoms with Gasteiger partial charge in [0.05, 0.1) is 11.5 Å². The number of aliphatic hydroxyl groups is 1. The summed E-state index contributed by atoms with van der Waals surface area (Å²) in [4.78, 5) is 12.4. The highest BCUT2D eigenvalue weighted by atomic mass is 32.1. The van der Waals surface area contributed by atoms with E-state index in [4.69, 9.17) is 13.9 Å². The fourth-order valence-corrected chi connectivity index (χ4v) is 2.58. The fourth-order valence-electron chi connectivity index (χ4n) is 1.75. The highest BCUT2D eigenvalue weighted by Gasteiger charge is 2.11. The van der Waals surface area contributed by atoms with Gasteiger partial charge in [-0.05, 0) is 36.4 Å². The molecule has 0 aliphatic heterocycles. The zero-order chi connectivity index (χ0) is 13.2. The topological polar surface area (TPSA) is 63.6 Å². The van der Waals surface area contributed by atoms with E-state index in [-0.39, 0.29) is 12.4 Å². The van der Waals surface area contributed by atoms with Crippen LogP contribution in [0.25, 0.3) is 22.2 Å². The van der Waals surface area contributed by atoms with Crippen molar-refractivity contribution in [3.05, 3.63) is 47.0 Å². The number of aliphatic hydroxyl groups excluding tert-OH is 1. The van der Waals surface area contributed by atoms with E-state index in [1.165, 1.54) is 11.3 Å². The van der Waals surface area contributed by atoms with Crippen molar-refractivity contribution in [2.24, 2.45) is 0 Å². The summed E-state index contributed by atoms with van der Waals surface area (Å²) < 4.78 is 11.0. The molecule has 0 fully saturated rings. The molecule has 0 aliphatic carbocycles. The number of hydrogen-bond acceptors (Lipinski definition) is 5. The minimum atomic E-state index is 0.0269. The summed E-state index contributed by atoms with van der Waals surface area (Å²) in [5.41, 5.74) is 0. The Hall–Kier alpha value is -2.11. The fraction of sp³-hybridized carbons (Fsp3) is 0.0714. The molecule has 5 heteroatoms. The predicted molar refractivity (Wildman–Crippen MR) is 71.0 cm³/mol. The second-order valence-electron chi connectivity index (χ2n) is 3.91. The van der Waals surface area contributed by atoms with Crippen LogP contribution in [-0.4, -0.2) is 11.4 Å². The van der Waals surface area contributed by atoms with Crippen LogP contribution < -0.4 is 0 Å². The van der Waals surface area contributed by atoms with Crippen LogP contribution >= 0.6 is 11.3 Å². The minimum Gasteiger partial charge on any atom is -0.452 e. The molecule has 1 N–H and O–H groups in total. The molecule has 96 valence electrons. The lowest BCUT2D eigenvalue weighted by molar-refractivity contribution is 0.110. The molecule has 3 heterocycles. The van der Waals surface area contributed by atoms with Gasteiger partial charge in [-0.15, -0.1) is 11.3 Å². The Bertz CT molecular complexity index is 704. The van der Waals surface area contributed by atoms with Gasteiger partial charge >= 0.3 is 0 Å². The summed E-state index contributed by atoms with van der Waals surface area (Å²) in [5, 5.41) is 9.04. The van der Waals surface area contributed by atoms with Gasteiger partial charge in [0, 0.05) is 4.88 Å². The Morgan fingerprint density at radius 1 is 1.00 bits per heavy atom. The molecule has 0 unspecified atom stereocenters. The molecule has 0 saturated heterocycles. The number of rotatable bonds is 4. The lowest BCUT2D eigenvalue weighted by Crippen LogP contribution is -1.70. The third-order valence-electron chi connectivity index (χ3n) is 2.65.